The van der Waals surface area contributed by atoms with E-state index in [9.17, 15) is 0 Å². The molecule has 1 N–H and O–H groups in total. The zero-order valence-electron chi connectivity index (χ0n) is 13.5. The maximum absolute atomic E-state index is 3.59. The largest absolute Gasteiger partial charge is 0.369 e. The number of anilines is 1. The molecule has 0 aliphatic heterocycles. The molecule has 1 rings (SSSR count). The lowest BCUT2D eigenvalue weighted by atomic mass is 10.1. The average Bonchev–Trinajstić information content (AvgIpc) is 2.37. The van der Waals surface area contributed by atoms with Crippen molar-refractivity contribution < 1.29 is 0 Å². The van der Waals surface area contributed by atoms with Gasteiger partial charge in [0.15, 0.2) is 0 Å². The van der Waals surface area contributed by atoms with Gasteiger partial charge < -0.3 is 10.2 Å². The first-order valence-electron chi connectivity index (χ1n) is 7.48. The van der Waals surface area contributed by atoms with Crippen LogP contribution in [0, 0.1) is 0 Å². The third-order valence-corrected chi connectivity index (χ3v) is 3.57. The highest BCUT2D eigenvalue weighted by Crippen LogP contribution is 2.23. The summed E-state index contributed by atoms with van der Waals surface area (Å²) in [4.78, 5) is 2.50. The molecule has 0 heterocycles. The number of benzene rings is 1. The second-order valence-electron chi connectivity index (χ2n) is 6.28. The van der Waals surface area contributed by atoms with Crippen molar-refractivity contribution >= 4 is 5.69 Å². The van der Waals surface area contributed by atoms with Gasteiger partial charge in [-0.15, -0.1) is 0 Å². The highest BCUT2D eigenvalue weighted by molar-refractivity contribution is 5.54. The van der Waals surface area contributed by atoms with Crippen LogP contribution >= 0.6 is 0 Å². The van der Waals surface area contributed by atoms with E-state index in [1.165, 1.54) is 17.7 Å². The van der Waals surface area contributed by atoms with Gasteiger partial charge in [-0.25, -0.2) is 0 Å². The van der Waals surface area contributed by atoms with E-state index in [2.05, 4.69) is 76.0 Å². The number of para-hydroxylation sites is 1. The van der Waals surface area contributed by atoms with E-state index in [1.807, 2.05) is 0 Å². The molecule has 1 aromatic carbocycles. The van der Waals surface area contributed by atoms with Crippen molar-refractivity contribution in [3.8, 4) is 0 Å². The lowest BCUT2D eigenvalue weighted by Crippen LogP contribution is -2.37. The van der Waals surface area contributed by atoms with E-state index in [0.717, 1.165) is 13.1 Å². The standard InChI is InChI=1S/C17H30N2/c1-7-14(3)19(8-2)16-12-10-9-11-15(16)13-18-17(4,5)6/h9-12,14,18H,7-8,13H2,1-6H3. The van der Waals surface area contributed by atoms with Gasteiger partial charge in [0.1, 0.15) is 0 Å². The van der Waals surface area contributed by atoms with E-state index in [1.54, 1.807) is 0 Å². The summed E-state index contributed by atoms with van der Waals surface area (Å²) in [6.07, 6.45) is 1.18. The van der Waals surface area contributed by atoms with Crippen molar-refractivity contribution in [2.24, 2.45) is 0 Å². The molecule has 0 aliphatic carbocycles. The second kappa shape index (κ2) is 6.95. The third kappa shape index (κ3) is 4.87. The van der Waals surface area contributed by atoms with Gasteiger partial charge >= 0.3 is 0 Å². The Balaban J connectivity index is 2.94. The van der Waals surface area contributed by atoms with Gasteiger partial charge in [-0.1, -0.05) is 25.1 Å². The fourth-order valence-electron chi connectivity index (χ4n) is 2.24. The summed E-state index contributed by atoms with van der Waals surface area (Å²) < 4.78 is 0. The van der Waals surface area contributed by atoms with E-state index < -0.39 is 0 Å². The van der Waals surface area contributed by atoms with Crippen LogP contribution < -0.4 is 10.2 Å². The number of nitrogens with one attached hydrogen (secondary N) is 1. The van der Waals surface area contributed by atoms with Crippen LogP contribution in [-0.2, 0) is 6.54 Å². The SMILES string of the molecule is CCC(C)N(CC)c1ccccc1CNC(C)(C)C. The number of rotatable bonds is 6. The quantitative estimate of drug-likeness (QED) is 0.826. The first kappa shape index (κ1) is 16.0. The van der Waals surface area contributed by atoms with Crippen LogP contribution in [0.4, 0.5) is 5.69 Å². The Bertz CT molecular complexity index is 379. The Kier molecular flexibility index (Phi) is 5.86. The van der Waals surface area contributed by atoms with Crippen LogP contribution in [0.3, 0.4) is 0 Å². The summed E-state index contributed by atoms with van der Waals surface area (Å²) in [5, 5.41) is 3.59. The fourth-order valence-corrected chi connectivity index (χ4v) is 2.24. The molecule has 1 atom stereocenters. The summed E-state index contributed by atoms with van der Waals surface area (Å²) >= 11 is 0. The molecule has 0 spiro atoms. The number of hydrogen-bond donors (Lipinski definition) is 1. The summed E-state index contributed by atoms with van der Waals surface area (Å²) in [5.41, 5.74) is 2.91. The van der Waals surface area contributed by atoms with Gasteiger partial charge in [-0.2, -0.15) is 0 Å². The molecule has 0 fully saturated rings. The van der Waals surface area contributed by atoms with Crippen LogP contribution in [0.25, 0.3) is 0 Å². The van der Waals surface area contributed by atoms with Crippen LogP contribution in [0.15, 0.2) is 24.3 Å². The number of hydrogen-bond acceptors (Lipinski definition) is 2. The van der Waals surface area contributed by atoms with Crippen LogP contribution in [0.5, 0.6) is 0 Å². The number of nitrogens with zero attached hydrogens (tertiary/aromatic N) is 1. The third-order valence-electron chi connectivity index (χ3n) is 3.57. The van der Waals surface area contributed by atoms with E-state index >= 15 is 0 Å². The molecular formula is C17H30N2. The monoisotopic (exact) mass is 262 g/mol. The maximum atomic E-state index is 3.59. The van der Waals surface area contributed by atoms with Crippen molar-refractivity contribution in [1.82, 2.24) is 5.32 Å². The summed E-state index contributed by atoms with van der Waals surface area (Å²) in [7, 11) is 0. The average molecular weight is 262 g/mol. The lowest BCUT2D eigenvalue weighted by molar-refractivity contribution is 0.424. The zero-order chi connectivity index (χ0) is 14.5. The molecule has 0 saturated carbocycles. The predicted molar refractivity (Wildman–Crippen MR) is 85.8 cm³/mol. The molecule has 0 saturated heterocycles. The molecular weight excluding hydrogens is 232 g/mol. The lowest BCUT2D eigenvalue weighted by Gasteiger charge is -2.32. The Hall–Kier alpha value is -1.02. The minimum absolute atomic E-state index is 0.153. The molecule has 1 unspecified atom stereocenters. The maximum Gasteiger partial charge on any atom is 0.0414 e. The van der Waals surface area contributed by atoms with Crippen molar-refractivity contribution in [1.29, 1.82) is 0 Å². The Morgan fingerprint density at radius 2 is 1.79 bits per heavy atom. The van der Waals surface area contributed by atoms with Crippen LogP contribution in [-0.4, -0.2) is 18.1 Å². The van der Waals surface area contributed by atoms with Gasteiger partial charge in [0.2, 0.25) is 0 Å². The molecule has 0 aliphatic rings. The molecule has 0 bridgehead atoms. The van der Waals surface area contributed by atoms with E-state index in [0.29, 0.717) is 6.04 Å². The van der Waals surface area contributed by atoms with Gasteiger partial charge in [-0.3, -0.25) is 0 Å². The Morgan fingerprint density at radius 3 is 2.32 bits per heavy atom. The topological polar surface area (TPSA) is 15.3 Å². The molecule has 0 aromatic heterocycles. The minimum Gasteiger partial charge on any atom is -0.369 e. The summed E-state index contributed by atoms with van der Waals surface area (Å²) in [5.74, 6) is 0. The summed E-state index contributed by atoms with van der Waals surface area (Å²) in [6, 6.07) is 9.34. The Morgan fingerprint density at radius 1 is 1.16 bits per heavy atom. The second-order valence-corrected chi connectivity index (χ2v) is 6.28. The van der Waals surface area contributed by atoms with Gasteiger partial charge in [-0.05, 0) is 52.7 Å². The fraction of sp³-hybridized carbons (Fsp3) is 0.647. The zero-order valence-corrected chi connectivity index (χ0v) is 13.5. The normalized spacial score (nSPS) is 13.4. The molecule has 0 amide bonds. The predicted octanol–water partition coefficient (Wildman–Crippen LogP) is 4.20. The van der Waals surface area contributed by atoms with Crippen LogP contribution in [0.2, 0.25) is 0 Å². The summed E-state index contributed by atoms with van der Waals surface area (Å²) in [6.45, 7) is 15.4. The first-order chi connectivity index (χ1) is 8.89. The van der Waals surface area contributed by atoms with Crippen molar-refractivity contribution in [2.75, 3.05) is 11.4 Å². The van der Waals surface area contributed by atoms with E-state index in [-0.39, 0.29) is 5.54 Å². The molecule has 0 radical (unpaired) electrons. The van der Waals surface area contributed by atoms with Gasteiger partial charge in [0.05, 0.1) is 0 Å². The van der Waals surface area contributed by atoms with Crippen molar-refractivity contribution in [3.63, 3.8) is 0 Å². The van der Waals surface area contributed by atoms with Gasteiger partial charge in [0, 0.05) is 30.4 Å². The molecule has 19 heavy (non-hydrogen) atoms. The van der Waals surface area contributed by atoms with E-state index in [4.69, 9.17) is 0 Å². The van der Waals surface area contributed by atoms with Crippen molar-refractivity contribution in [3.05, 3.63) is 29.8 Å². The highest BCUT2D eigenvalue weighted by Gasteiger charge is 2.15. The smallest absolute Gasteiger partial charge is 0.0414 e. The molecule has 2 nitrogen and oxygen atoms in total. The molecule has 2 heteroatoms. The minimum atomic E-state index is 0.153. The van der Waals surface area contributed by atoms with Crippen molar-refractivity contribution in [2.45, 2.75) is 66.1 Å². The first-order valence-corrected chi connectivity index (χ1v) is 7.48. The van der Waals surface area contributed by atoms with Gasteiger partial charge in [0.25, 0.3) is 0 Å². The highest BCUT2D eigenvalue weighted by atomic mass is 15.2. The Labute approximate surface area is 119 Å². The molecule has 108 valence electrons. The molecule has 1 aromatic rings. The van der Waals surface area contributed by atoms with Crippen LogP contribution in [0.1, 0.15) is 53.5 Å².